The number of nitrogens with one attached hydrogen (secondary N) is 1. The molecule has 0 aromatic heterocycles. The largest absolute Gasteiger partial charge is 0.378 e. The molecule has 0 amide bonds. The van der Waals surface area contributed by atoms with Crippen LogP contribution in [0.15, 0.2) is 18.2 Å². The van der Waals surface area contributed by atoms with Crippen LogP contribution in [-0.2, 0) is 4.74 Å². The van der Waals surface area contributed by atoms with Gasteiger partial charge < -0.3 is 10.1 Å². The third kappa shape index (κ3) is 3.18. The van der Waals surface area contributed by atoms with Gasteiger partial charge in [-0.1, -0.05) is 19.9 Å². The van der Waals surface area contributed by atoms with Crippen LogP contribution in [0.25, 0.3) is 0 Å². The van der Waals surface area contributed by atoms with E-state index in [0.717, 1.165) is 25.8 Å². The molecule has 0 radical (unpaired) electrons. The number of rotatable bonds is 6. The number of hydrogen-bond donors (Lipinski definition) is 1. The Bertz CT molecular complexity index is 418. The van der Waals surface area contributed by atoms with Crippen LogP contribution in [0, 0.1) is 17.6 Å². The maximum Gasteiger partial charge on any atom is 0.130 e. The summed E-state index contributed by atoms with van der Waals surface area (Å²) in [6.07, 6.45) is 2.71. The highest BCUT2D eigenvalue weighted by molar-refractivity contribution is 5.24. The van der Waals surface area contributed by atoms with E-state index >= 15 is 0 Å². The minimum absolute atomic E-state index is 0.0726. The zero-order valence-electron chi connectivity index (χ0n) is 12.2. The Hall–Kier alpha value is -1.00. The smallest absolute Gasteiger partial charge is 0.130 e. The maximum atomic E-state index is 14.1. The Labute approximate surface area is 119 Å². The summed E-state index contributed by atoms with van der Waals surface area (Å²) < 4.78 is 33.9. The second-order valence-corrected chi connectivity index (χ2v) is 5.34. The van der Waals surface area contributed by atoms with Crippen molar-refractivity contribution in [3.63, 3.8) is 0 Å². The lowest BCUT2D eigenvalue weighted by Crippen LogP contribution is -2.34. The fourth-order valence-electron chi connectivity index (χ4n) is 3.04. The zero-order valence-corrected chi connectivity index (χ0v) is 12.2. The highest BCUT2D eigenvalue weighted by Crippen LogP contribution is 2.36. The van der Waals surface area contributed by atoms with Crippen LogP contribution in [0.5, 0.6) is 0 Å². The summed E-state index contributed by atoms with van der Waals surface area (Å²) in [5.74, 6) is -0.821. The zero-order chi connectivity index (χ0) is 14.5. The first-order valence-electron chi connectivity index (χ1n) is 7.47. The molecule has 1 N–H and O–H groups in total. The molecule has 0 saturated carbocycles. The van der Waals surface area contributed by atoms with E-state index in [9.17, 15) is 8.78 Å². The molecule has 1 aromatic carbocycles. The van der Waals surface area contributed by atoms with Crippen molar-refractivity contribution in [1.29, 1.82) is 0 Å². The lowest BCUT2D eigenvalue weighted by molar-refractivity contribution is 0.0765. The summed E-state index contributed by atoms with van der Waals surface area (Å²) >= 11 is 0. The minimum Gasteiger partial charge on any atom is -0.378 e. The molecule has 1 aromatic rings. The summed E-state index contributed by atoms with van der Waals surface area (Å²) in [5, 5.41) is 3.31. The average Bonchev–Trinajstić information content (AvgIpc) is 2.90. The lowest BCUT2D eigenvalue weighted by Gasteiger charge is -2.29. The van der Waals surface area contributed by atoms with E-state index in [2.05, 4.69) is 12.2 Å². The van der Waals surface area contributed by atoms with Crippen molar-refractivity contribution in [1.82, 2.24) is 5.32 Å². The number of hydrogen-bond acceptors (Lipinski definition) is 2. The molecule has 2 nitrogen and oxygen atoms in total. The molecule has 3 unspecified atom stereocenters. The van der Waals surface area contributed by atoms with E-state index in [0.29, 0.717) is 6.61 Å². The third-order valence-electron chi connectivity index (χ3n) is 4.02. The molecule has 4 heteroatoms. The van der Waals surface area contributed by atoms with Gasteiger partial charge in [0.2, 0.25) is 0 Å². The van der Waals surface area contributed by atoms with Gasteiger partial charge in [0, 0.05) is 24.1 Å². The van der Waals surface area contributed by atoms with Crippen LogP contribution < -0.4 is 5.32 Å². The summed E-state index contributed by atoms with van der Waals surface area (Å²) in [4.78, 5) is 0. The van der Waals surface area contributed by atoms with E-state index in [4.69, 9.17) is 4.74 Å². The van der Waals surface area contributed by atoms with Crippen molar-refractivity contribution >= 4 is 0 Å². The molecule has 0 spiro atoms. The van der Waals surface area contributed by atoms with Crippen molar-refractivity contribution in [3.8, 4) is 0 Å². The second kappa shape index (κ2) is 7.14. The van der Waals surface area contributed by atoms with Gasteiger partial charge in [-0.25, -0.2) is 8.78 Å². The van der Waals surface area contributed by atoms with Gasteiger partial charge in [0.05, 0.1) is 6.10 Å². The van der Waals surface area contributed by atoms with E-state index < -0.39 is 11.6 Å². The summed E-state index contributed by atoms with van der Waals surface area (Å²) in [6, 6.07) is 3.75. The molecule has 0 bridgehead atoms. The van der Waals surface area contributed by atoms with E-state index in [-0.39, 0.29) is 23.6 Å². The Morgan fingerprint density at radius 1 is 1.30 bits per heavy atom. The molecule has 1 heterocycles. The van der Waals surface area contributed by atoms with Crippen LogP contribution in [-0.4, -0.2) is 19.3 Å². The van der Waals surface area contributed by atoms with Gasteiger partial charge in [0.15, 0.2) is 0 Å². The Kier molecular flexibility index (Phi) is 5.49. The highest BCUT2D eigenvalue weighted by atomic mass is 19.1. The molecule has 1 fully saturated rings. The van der Waals surface area contributed by atoms with Crippen LogP contribution in [0.1, 0.15) is 44.7 Å². The summed E-state index contributed by atoms with van der Waals surface area (Å²) in [7, 11) is 0. The quantitative estimate of drug-likeness (QED) is 0.857. The van der Waals surface area contributed by atoms with Crippen LogP contribution in [0.3, 0.4) is 0 Å². The topological polar surface area (TPSA) is 21.3 Å². The van der Waals surface area contributed by atoms with Crippen molar-refractivity contribution in [2.75, 3.05) is 13.2 Å². The Morgan fingerprint density at radius 2 is 2.00 bits per heavy atom. The number of benzene rings is 1. The first-order valence-corrected chi connectivity index (χ1v) is 7.47. The monoisotopic (exact) mass is 283 g/mol. The fourth-order valence-corrected chi connectivity index (χ4v) is 3.04. The Morgan fingerprint density at radius 3 is 2.60 bits per heavy atom. The number of ether oxygens (including phenoxy) is 1. The van der Waals surface area contributed by atoms with Crippen molar-refractivity contribution < 1.29 is 13.5 Å². The van der Waals surface area contributed by atoms with Gasteiger partial charge in [-0.05, 0) is 37.9 Å². The van der Waals surface area contributed by atoms with E-state index in [1.54, 1.807) is 0 Å². The molecule has 1 saturated heterocycles. The predicted octanol–water partition coefficient (Wildman–Crippen LogP) is 3.82. The molecule has 20 heavy (non-hydrogen) atoms. The third-order valence-corrected chi connectivity index (χ3v) is 4.02. The minimum atomic E-state index is -0.472. The molecule has 1 aliphatic heterocycles. The summed E-state index contributed by atoms with van der Waals surface area (Å²) in [5.41, 5.74) is 0.162. The first kappa shape index (κ1) is 15.4. The van der Waals surface area contributed by atoms with Gasteiger partial charge in [0.25, 0.3) is 0 Å². The molecule has 2 rings (SSSR count). The Balaban J connectivity index is 2.31. The van der Waals surface area contributed by atoms with Gasteiger partial charge in [-0.3, -0.25) is 0 Å². The van der Waals surface area contributed by atoms with Gasteiger partial charge in [0.1, 0.15) is 11.6 Å². The lowest BCUT2D eigenvalue weighted by atomic mass is 9.86. The van der Waals surface area contributed by atoms with Crippen molar-refractivity contribution in [3.05, 3.63) is 35.4 Å². The SMILES string of the molecule is CCCNC(c1c(F)cccc1F)C1CCOC1CC. The second-order valence-electron chi connectivity index (χ2n) is 5.34. The average molecular weight is 283 g/mol. The van der Waals surface area contributed by atoms with Gasteiger partial charge in [-0.2, -0.15) is 0 Å². The normalized spacial score (nSPS) is 24.0. The predicted molar refractivity (Wildman–Crippen MR) is 75.5 cm³/mol. The molecule has 0 aliphatic carbocycles. The van der Waals surface area contributed by atoms with Gasteiger partial charge in [-0.15, -0.1) is 0 Å². The summed E-state index contributed by atoms with van der Waals surface area (Å²) in [6.45, 7) is 5.51. The van der Waals surface area contributed by atoms with Crippen molar-refractivity contribution in [2.24, 2.45) is 5.92 Å². The van der Waals surface area contributed by atoms with Crippen LogP contribution >= 0.6 is 0 Å². The molecule has 112 valence electrons. The van der Waals surface area contributed by atoms with Gasteiger partial charge >= 0.3 is 0 Å². The standard InChI is InChI=1S/C16H23F2NO/c1-3-9-19-16(11-8-10-20-14(11)4-2)15-12(17)6-5-7-13(15)18/h5-7,11,14,16,19H,3-4,8-10H2,1-2H3. The first-order chi connectivity index (χ1) is 9.69. The number of halogens is 2. The molecule has 1 aliphatic rings. The van der Waals surface area contributed by atoms with Crippen molar-refractivity contribution in [2.45, 2.75) is 45.3 Å². The van der Waals surface area contributed by atoms with Crippen LogP contribution in [0.2, 0.25) is 0 Å². The molecular weight excluding hydrogens is 260 g/mol. The fraction of sp³-hybridized carbons (Fsp3) is 0.625. The molecular formula is C16H23F2NO. The molecule has 3 atom stereocenters. The van der Waals surface area contributed by atoms with Crippen LogP contribution in [0.4, 0.5) is 8.78 Å². The maximum absolute atomic E-state index is 14.1. The highest BCUT2D eigenvalue weighted by Gasteiger charge is 2.36. The van der Waals surface area contributed by atoms with E-state index in [1.807, 2.05) is 6.92 Å². The van der Waals surface area contributed by atoms with E-state index in [1.165, 1.54) is 18.2 Å².